The fraction of sp³-hybridized carbons (Fsp3) is 0.226. The van der Waals surface area contributed by atoms with E-state index in [0.29, 0.717) is 0 Å². The molecule has 0 spiro atoms. The van der Waals surface area contributed by atoms with Crippen molar-refractivity contribution < 1.29 is 22.8 Å². The Morgan fingerprint density at radius 1 is 0.925 bits per heavy atom. The second kappa shape index (κ2) is 9.89. The molecular formula is C31H27F3N4O2. The number of hydrogen-bond donors (Lipinski definition) is 1. The van der Waals surface area contributed by atoms with E-state index in [0.717, 1.165) is 53.2 Å². The highest BCUT2D eigenvalue weighted by Crippen LogP contribution is 2.43. The Morgan fingerprint density at radius 3 is 2.33 bits per heavy atom. The zero-order chi connectivity index (χ0) is 28.0. The van der Waals surface area contributed by atoms with Crippen LogP contribution < -0.4 is 10.2 Å². The van der Waals surface area contributed by atoms with Gasteiger partial charge in [-0.05, 0) is 73.9 Å². The molecule has 1 aliphatic heterocycles. The van der Waals surface area contributed by atoms with Crippen molar-refractivity contribution in [3.8, 4) is 5.69 Å². The normalized spacial score (nSPS) is 16.2. The molecule has 1 saturated carbocycles. The van der Waals surface area contributed by atoms with Crippen LogP contribution in [0.4, 0.5) is 29.3 Å². The van der Waals surface area contributed by atoms with E-state index in [1.165, 1.54) is 17.0 Å². The van der Waals surface area contributed by atoms with Gasteiger partial charge in [-0.25, -0.2) is 4.79 Å². The van der Waals surface area contributed by atoms with E-state index in [4.69, 9.17) is 0 Å². The predicted molar refractivity (Wildman–Crippen MR) is 146 cm³/mol. The fourth-order valence-electron chi connectivity index (χ4n) is 5.33. The number of hydrogen-bond acceptors (Lipinski definition) is 2. The molecule has 6 rings (SSSR count). The highest BCUT2D eigenvalue weighted by atomic mass is 19.4. The molecule has 2 heterocycles. The van der Waals surface area contributed by atoms with Crippen LogP contribution in [0.15, 0.2) is 91.1 Å². The van der Waals surface area contributed by atoms with E-state index in [2.05, 4.69) is 16.0 Å². The lowest BCUT2D eigenvalue weighted by Crippen LogP contribution is -2.48. The summed E-state index contributed by atoms with van der Waals surface area (Å²) >= 11 is 0. The Kier molecular flexibility index (Phi) is 6.37. The molecule has 9 heteroatoms. The van der Waals surface area contributed by atoms with Crippen molar-refractivity contribution in [3.63, 3.8) is 0 Å². The number of nitrogens with zero attached hydrogens (tertiary/aromatic N) is 3. The third-order valence-electron chi connectivity index (χ3n) is 7.36. The number of rotatable bonds is 5. The SMILES string of the molecule is Cc1cccc(C2c3cccn3-c3ccccc3N2C(=O)CN(C(=O)Nc2ccc(C(F)(F)F)cc2)C2CC2)c1. The van der Waals surface area contributed by atoms with Crippen LogP contribution in [0.2, 0.25) is 0 Å². The van der Waals surface area contributed by atoms with Crippen LogP contribution in [0.1, 0.15) is 41.3 Å². The number of halogens is 3. The van der Waals surface area contributed by atoms with Crippen LogP contribution in [0.3, 0.4) is 0 Å². The number of anilines is 2. The van der Waals surface area contributed by atoms with Gasteiger partial charge in [0, 0.05) is 17.9 Å². The number of amides is 3. The molecule has 0 radical (unpaired) electrons. The lowest BCUT2D eigenvalue weighted by molar-refractivity contribution is -0.137. The third-order valence-corrected chi connectivity index (χ3v) is 7.36. The highest BCUT2D eigenvalue weighted by molar-refractivity contribution is 6.01. The fourth-order valence-corrected chi connectivity index (χ4v) is 5.33. The summed E-state index contributed by atoms with van der Waals surface area (Å²) in [7, 11) is 0. The van der Waals surface area contributed by atoms with E-state index in [9.17, 15) is 22.8 Å². The number of aromatic nitrogens is 1. The Morgan fingerprint density at radius 2 is 1.65 bits per heavy atom. The standard InChI is InChI=1S/C31H27F3N4O2/c1-20-6-4-7-21(18-20)29-27-10-5-17-36(27)25-8-2-3-9-26(25)38(29)28(39)19-37(24-15-16-24)30(40)35-23-13-11-22(12-14-23)31(32,33)34/h2-14,17-18,24,29H,15-16,19H2,1H3,(H,35,40). The number of fused-ring (bicyclic) bond motifs is 3. The van der Waals surface area contributed by atoms with Crippen LogP contribution in [-0.2, 0) is 11.0 Å². The highest BCUT2D eigenvalue weighted by Gasteiger charge is 2.40. The van der Waals surface area contributed by atoms with Crippen molar-refractivity contribution >= 4 is 23.3 Å². The van der Waals surface area contributed by atoms with Crippen LogP contribution in [0, 0.1) is 6.92 Å². The Bertz CT molecular complexity index is 1570. The van der Waals surface area contributed by atoms with Gasteiger partial charge >= 0.3 is 12.2 Å². The van der Waals surface area contributed by atoms with Crippen LogP contribution in [-0.4, -0.2) is 34.0 Å². The molecule has 3 amide bonds. The first-order valence-electron chi connectivity index (χ1n) is 13.1. The molecule has 40 heavy (non-hydrogen) atoms. The average molecular weight is 545 g/mol. The summed E-state index contributed by atoms with van der Waals surface area (Å²) in [4.78, 5) is 30.8. The van der Waals surface area contributed by atoms with Crippen LogP contribution in [0.5, 0.6) is 0 Å². The zero-order valence-electron chi connectivity index (χ0n) is 21.7. The van der Waals surface area contributed by atoms with Gasteiger partial charge in [-0.2, -0.15) is 13.2 Å². The summed E-state index contributed by atoms with van der Waals surface area (Å²) < 4.78 is 41.0. The average Bonchev–Trinajstić information content (AvgIpc) is 3.65. The summed E-state index contributed by atoms with van der Waals surface area (Å²) in [5.74, 6) is -0.249. The minimum atomic E-state index is -4.46. The number of benzene rings is 3. The molecule has 1 N–H and O–H groups in total. The van der Waals surface area contributed by atoms with Gasteiger partial charge in [0.2, 0.25) is 5.91 Å². The predicted octanol–water partition coefficient (Wildman–Crippen LogP) is 6.94. The molecule has 1 atom stereocenters. The summed E-state index contributed by atoms with van der Waals surface area (Å²) in [6.07, 6.45) is -0.969. The first-order valence-corrected chi connectivity index (χ1v) is 13.1. The smallest absolute Gasteiger partial charge is 0.316 e. The second-order valence-electron chi connectivity index (χ2n) is 10.2. The maximum atomic E-state index is 14.2. The van der Waals surface area contributed by atoms with Crippen molar-refractivity contribution in [3.05, 3.63) is 114 Å². The van der Waals surface area contributed by atoms with Gasteiger partial charge < -0.3 is 14.8 Å². The van der Waals surface area contributed by atoms with Gasteiger partial charge in [0.25, 0.3) is 0 Å². The van der Waals surface area contributed by atoms with Crippen LogP contribution in [0.25, 0.3) is 5.69 Å². The van der Waals surface area contributed by atoms with E-state index >= 15 is 0 Å². The second-order valence-corrected chi connectivity index (χ2v) is 10.2. The Hall–Kier alpha value is -4.53. The topological polar surface area (TPSA) is 57.6 Å². The third kappa shape index (κ3) is 4.83. The van der Waals surface area contributed by atoms with Crippen molar-refractivity contribution in [2.75, 3.05) is 16.8 Å². The molecule has 1 fully saturated rings. The summed E-state index contributed by atoms with van der Waals surface area (Å²) in [6, 6.07) is 22.9. The molecule has 0 saturated heterocycles. The largest absolute Gasteiger partial charge is 0.416 e. The van der Waals surface area contributed by atoms with E-state index in [1.807, 2.05) is 67.7 Å². The molecular weight excluding hydrogens is 517 g/mol. The first-order chi connectivity index (χ1) is 19.2. The number of alkyl halides is 3. The maximum absolute atomic E-state index is 14.2. The quantitative estimate of drug-likeness (QED) is 0.296. The van der Waals surface area contributed by atoms with Gasteiger partial charge in [-0.3, -0.25) is 9.69 Å². The molecule has 1 unspecified atom stereocenters. The van der Waals surface area contributed by atoms with Gasteiger partial charge in [0.15, 0.2) is 0 Å². The number of carbonyl (C=O) groups is 2. The molecule has 3 aromatic carbocycles. The zero-order valence-corrected chi connectivity index (χ0v) is 21.7. The van der Waals surface area contributed by atoms with E-state index < -0.39 is 23.8 Å². The van der Waals surface area contributed by atoms with Crippen molar-refractivity contribution in [1.29, 1.82) is 0 Å². The van der Waals surface area contributed by atoms with E-state index in [1.54, 1.807) is 4.90 Å². The number of aryl methyl sites for hydroxylation is 1. The summed E-state index contributed by atoms with van der Waals surface area (Å²) in [6.45, 7) is 1.83. The molecule has 1 aromatic heterocycles. The van der Waals surface area contributed by atoms with Crippen molar-refractivity contribution in [2.45, 2.75) is 38.0 Å². The first kappa shape index (κ1) is 25.7. The molecule has 6 nitrogen and oxygen atoms in total. The Labute approximate surface area is 229 Å². The number of para-hydroxylation sites is 2. The molecule has 204 valence electrons. The Balaban J connectivity index is 1.31. The minimum absolute atomic E-state index is 0.111. The number of urea groups is 1. The van der Waals surface area contributed by atoms with Crippen molar-refractivity contribution in [2.24, 2.45) is 0 Å². The lowest BCUT2D eigenvalue weighted by atomic mass is 9.96. The van der Waals surface area contributed by atoms with Crippen molar-refractivity contribution in [1.82, 2.24) is 9.47 Å². The minimum Gasteiger partial charge on any atom is -0.316 e. The van der Waals surface area contributed by atoms with E-state index in [-0.39, 0.29) is 24.2 Å². The molecule has 1 aliphatic carbocycles. The molecule has 0 bridgehead atoms. The monoisotopic (exact) mass is 544 g/mol. The number of nitrogens with one attached hydrogen (secondary N) is 1. The molecule has 2 aliphatic rings. The van der Waals surface area contributed by atoms with Crippen LogP contribution >= 0.6 is 0 Å². The van der Waals surface area contributed by atoms with Gasteiger partial charge in [-0.15, -0.1) is 0 Å². The van der Waals surface area contributed by atoms with Gasteiger partial charge in [-0.1, -0.05) is 42.0 Å². The maximum Gasteiger partial charge on any atom is 0.416 e. The summed E-state index contributed by atoms with van der Waals surface area (Å²) in [5, 5.41) is 2.68. The lowest BCUT2D eigenvalue weighted by Gasteiger charge is -2.39. The molecule has 4 aromatic rings. The van der Waals surface area contributed by atoms with Gasteiger partial charge in [0.05, 0.1) is 22.6 Å². The summed E-state index contributed by atoms with van der Waals surface area (Å²) in [5.41, 5.74) is 4.00. The number of carbonyl (C=O) groups excluding carboxylic acids is 2. The van der Waals surface area contributed by atoms with Gasteiger partial charge in [0.1, 0.15) is 12.6 Å².